The highest BCUT2D eigenvalue weighted by atomic mass is 19.2. The maximum Gasteiger partial charge on any atom is 0.159 e. The lowest BCUT2D eigenvalue weighted by atomic mass is 10.0. The molecule has 4 rings (SSSR count). The minimum absolute atomic E-state index is 0.0231. The Morgan fingerprint density at radius 2 is 1.59 bits per heavy atom. The molecule has 0 unspecified atom stereocenters. The number of aromatic nitrogens is 1. The summed E-state index contributed by atoms with van der Waals surface area (Å²) in [5.74, 6) is -3.08. The van der Waals surface area contributed by atoms with Crippen LogP contribution in [0.5, 0.6) is 0 Å². The minimum Gasteiger partial charge on any atom is -0.350 e. The molecule has 2 heterocycles. The number of hydrogen-bond acceptors (Lipinski definition) is 1. The molecule has 0 bridgehead atoms. The monoisotopic (exact) mass is 374 g/mol. The van der Waals surface area contributed by atoms with Crippen LogP contribution in [-0.2, 0) is 13.1 Å². The molecular weight excluding hydrogens is 356 g/mol. The quantitative estimate of drug-likeness (QED) is 0.583. The number of fused-ring (bicyclic) bond motifs is 1. The third kappa shape index (κ3) is 3.37. The van der Waals surface area contributed by atoms with Gasteiger partial charge in [0.15, 0.2) is 11.6 Å². The zero-order valence-electron chi connectivity index (χ0n) is 14.5. The fourth-order valence-electron chi connectivity index (χ4n) is 3.76. The smallest absolute Gasteiger partial charge is 0.159 e. The first kappa shape index (κ1) is 17.8. The molecule has 2 aromatic carbocycles. The van der Waals surface area contributed by atoms with Crippen LogP contribution in [0.15, 0.2) is 54.7 Å². The number of halogens is 4. The van der Waals surface area contributed by atoms with E-state index in [4.69, 9.17) is 0 Å². The number of nitrogens with zero attached hydrogens (tertiary/aromatic N) is 2. The lowest BCUT2D eigenvalue weighted by Crippen LogP contribution is -2.30. The summed E-state index contributed by atoms with van der Waals surface area (Å²) in [6, 6.07) is 10.9. The van der Waals surface area contributed by atoms with Gasteiger partial charge in [-0.2, -0.15) is 0 Å². The van der Waals surface area contributed by atoms with Crippen LogP contribution in [0.25, 0.3) is 0 Å². The van der Waals surface area contributed by atoms with Crippen LogP contribution in [0.4, 0.5) is 17.6 Å². The molecule has 0 saturated carbocycles. The van der Waals surface area contributed by atoms with Crippen LogP contribution >= 0.6 is 0 Å². The number of rotatable bonds is 3. The number of benzene rings is 2. The molecule has 0 N–H and O–H groups in total. The lowest BCUT2D eigenvalue weighted by Gasteiger charge is -2.31. The first-order valence-electron chi connectivity index (χ1n) is 8.81. The van der Waals surface area contributed by atoms with Gasteiger partial charge in [0.2, 0.25) is 0 Å². The predicted octanol–water partition coefficient (Wildman–Crippen LogP) is 5.04. The van der Waals surface area contributed by atoms with Gasteiger partial charge >= 0.3 is 0 Å². The molecule has 140 valence electrons. The maximum absolute atomic E-state index is 14.2. The van der Waals surface area contributed by atoms with E-state index in [0.29, 0.717) is 12.1 Å². The van der Waals surface area contributed by atoms with Crippen molar-refractivity contribution in [2.24, 2.45) is 0 Å². The molecule has 0 saturated heterocycles. The fraction of sp³-hybridized carbons (Fsp3) is 0.238. The van der Waals surface area contributed by atoms with Gasteiger partial charge in [0, 0.05) is 37.1 Å². The van der Waals surface area contributed by atoms with Gasteiger partial charge in [-0.15, -0.1) is 0 Å². The van der Waals surface area contributed by atoms with Crippen molar-refractivity contribution >= 4 is 0 Å². The summed E-state index contributed by atoms with van der Waals surface area (Å²) in [6.07, 6.45) is 2.70. The summed E-state index contributed by atoms with van der Waals surface area (Å²) in [5.41, 5.74) is 1.41. The second-order valence-corrected chi connectivity index (χ2v) is 6.73. The van der Waals surface area contributed by atoms with Crippen LogP contribution in [0.3, 0.4) is 0 Å². The van der Waals surface area contributed by atoms with E-state index in [1.54, 1.807) is 0 Å². The average Bonchev–Trinajstić information content (AvgIpc) is 3.02. The SMILES string of the molecule is Fc1ccc([C@@H]2c3cccn3CCCN2Cc2c(F)cccc2F)cc1F. The van der Waals surface area contributed by atoms with Crippen LogP contribution in [0, 0.1) is 23.3 Å². The lowest BCUT2D eigenvalue weighted by molar-refractivity contribution is 0.213. The summed E-state index contributed by atoms with van der Waals surface area (Å²) in [7, 11) is 0. The largest absolute Gasteiger partial charge is 0.350 e. The molecular formula is C21H18F4N2. The molecule has 0 amide bonds. The third-order valence-corrected chi connectivity index (χ3v) is 5.04. The normalized spacial score (nSPS) is 17.6. The minimum atomic E-state index is -0.938. The maximum atomic E-state index is 14.2. The third-order valence-electron chi connectivity index (χ3n) is 5.04. The van der Waals surface area contributed by atoms with Crippen molar-refractivity contribution in [2.75, 3.05) is 6.54 Å². The molecule has 1 aliphatic rings. The van der Waals surface area contributed by atoms with Gasteiger partial charge < -0.3 is 4.57 Å². The Hall–Kier alpha value is -2.60. The molecule has 0 spiro atoms. The van der Waals surface area contributed by atoms with E-state index < -0.39 is 29.3 Å². The first-order valence-corrected chi connectivity index (χ1v) is 8.81. The zero-order chi connectivity index (χ0) is 19.0. The molecule has 3 aromatic rings. The Bertz CT molecular complexity index is 946. The van der Waals surface area contributed by atoms with Crippen LogP contribution < -0.4 is 0 Å². The summed E-state index contributed by atoms with van der Waals surface area (Å²) in [4.78, 5) is 1.91. The average molecular weight is 374 g/mol. The molecule has 0 radical (unpaired) electrons. The van der Waals surface area contributed by atoms with Gasteiger partial charge in [0.05, 0.1) is 6.04 Å². The van der Waals surface area contributed by atoms with Gasteiger partial charge in [-0.25, -0.2) is 17.6 Å². The van der Waals surface area contributed by atoms with E-state index in [0.717, 1.165) is 30.8 Å². The predicted molar refractivity (Wildman–Crippen MR) is 94.0 cm³/mol. The molecule has 6 heteroatoms. The number of aryl methyl sites for hydroxylation is 1. The Labute approximate surface area is 154 Å². The Morgan fingerprint density at radius 1 is 0.815 bits per heavy atom. The van der Waals surface area contributed by atoms with Gasteiger partial charge in [0.1, 0.15) is 11.6 Å². The topological polar surface area (TPSA) is 8.17 Å². The highest BCUT2D eigenvalue weighted by molar-refractivity contribution is 5.31. The van der Waals surface area contributed by atoms with Crippen molar-refractivity contribution in [1.29, 1.82) is 0 Å². The van der Waals surface area contributed by atoms with Gasteiger partial charge in [-0.1, -0.05) is 12.1 Å². The molecule has 1 atom stereocenters. The summed E-state index contributed by atoms with van der Waals surface area (Å²) >= 11 is 0. The second-order valence-electron chi connectivity index (χ2n) is 6.73. The van der Waals surface area contributed by atoms with E-state index in [9.17, 15) is 17.6 Å². The van der Waals surface area contributed by atoms with E-state index in [1.807, 2.05) is 27.8 Å². The summed E-state index contributed by atoms with van der Waals surface area (Å²) in [5, 5.41) is 0. The van der Waals surface area contributed by atoms with Crippen LogP contribution in [0.1, 0.15) is 29.3 Å². The molecule has 0 aliphatic carbocycles. The van der Waals surface area contributed by atoms with Gasteiger partial charge in [0.25, 0.3) is 0 Å². The van der Waals surface area contributed by atoms with E-state index >= 15 is 0 Å². The highest BCUT2D eigenvalue weighted by Crippen LogP contribution is 2.34. The fourth-order valence-corrected chi connectivity index (χ4v) is 3.76. The summed E-state index contributed by atoms with van der Waals surface area (Å²) in [6.45, 7) is 1.35. The molecule has 1 aromatic heterocycles. The molecule has 27 heavy (non-hydrogen) atoms. The second kappa shape index (κ2) is 7.19. The summed E-state index contributed by atoms with van der Waals surface area (Å²) < 4.78 is 57.8. The van der Waals surface area contributed by atoms with E-state index in [2.05, 4.69) is 0 Å². The van der Waals surface area contributed by atoms with Crippen molar-refractivity contribution in [3.8, 4) is 0 Å². The van der Waals surface area contributed by atoms with Gasteiger partial charge in [-0.3, -0.25) is 4.90 Å². The molecule has 0 fully saturated rings. The Balaban J connectivity index is 1.79. The van der Waals surface area contributed by atoms with Crippen molar-refractivity contribution in [3.05, 3.63) is 94.8 Å². The first-order chi connectivity index (χ1) is 13.0. The standard InChI is InChI=1S/C21H18F4N2/c22-16-4-1-5-17(23)15(16)13-27-11-3-10-26-9-2-6-20(26)21(27)14-7-8-18(24)19(25)12-14/h1-2,4-9,12,21H,3,10-11,13H2/t21-/m1/s1. The molecule has 2 nitrogen and oxygen atoms in total. The van der Waals surface area contributed by atoms with E-state index in [-0.39, 0.29) is 12.1 Å². The van der Waals surface area contributed by atoms with Gasteiger partial charge in [-0.05, 0) is 48.4 Å². The van der Waals surface area contributed by atoms with Crippen molar-refractivity contribution in [2.45, 2.75) is 25.6 Å². The Morgan fingerprint density at radius 3 is 2.33 bits per heavy atom. The van der Waals surface area contributed by atoms with Crippen LogP contribution in [0.2, 0.25) is 0 Å². The van der Waals surface area contributed by atoms with Crippen LogP contribution in [-0.4, -0.2) is 16.0 Å². The zero-order valence-corrected chi connectivity index (χ0v) is 14.5. The Kier molecular flexibility index (Phi) is 4.74. The van der Waals surface area contributed by atoms with Crippen molar-refractivity contribution < 1.29 is 17.6 Å². The highest BCUT2D eigenvalue weighted by Gasteiger charge is 2.29. The van der Waals surface area contributed by atoms with Crippen molar-refractivity contribution in [1.82, 2.24) is 9.47 Å². The van der Waals surface area contributed by atoms with Crippen molar-refractivity contribution in [3.63, 3.8) is 0 Å². The molecule has 1 aliphatic heterocycles. The number of hydrogen-bond donors (Lipinski definition) is 0. The van der Waals surface area contributed by atoms with E-state index in [1.165, 1.54) is 24.3 Å².